The van der Waals surface area contributed by atoms with E-state index in [9.17, 15) is 8.42 Å². The molecular formula is C16H14N2O2S. The standard InChI is InChI=1S/C16H14N2O2S/c1-12-4-2-6-14(10-12)21(19,20)18-16-7-3-5-13-11-17-9-8-15(13)16/h2-11,18H,1H3. The van der Waals surface area contributed by atoms with Crippen LogP contribution >= 0.6 is 0 Å². The number of aryl methyl sites for hydroxylation is 1. The highest BCUT2D eigenvalue weighted by atomic mass is 32.2. The van der Waals surface area contributed by atoms with Crippen molar-refractivity contribution in [1.82, 2.24) is 4.98 Å². The molecule has 0 saturated carbocycles. The minimum absolute atomic E-state index is 0.258. The summed E-state index contributed by atoms with van der Waals surface area (Å²) in [6.07, 6.45) is 3.35. The van der Waals surface area contributed by atoms with Gasteiger partial charge < -0.3 is 0 Å². The van der Waals surface area contributed by atoms with Crippen LogP contribution in [0, 0.1) is 6.92 Å². The Hall–Kier alpha value is -2.40. The second kappa shape index (κ2) is 5.18. The average Bonchev–Trinajstić information content (AvgIpc) is 2.47. The molecule has 0 saturated heterocycles. The molecule has 0 aliphatic carbocycles. The molecule has 1 aromatic heterocycles. The molecule has 0 radical (unpaired) electrons. The van der Waals surface area contributed by atoms with E-state index in [2.05, 4.69) is 9.71 Å². The first-order chi connectivity index (χ1) is 10.1. The Kier molecular flexibility index (Phi) is 3.35. The van der Waals surface area contributed by atoms with E-state index >= 15 is 0 Å². The molecule has 0 bridgehead atoms. The van der Waals surface area contributed by atoms with Crippen molar-refractivity contribution in [1.29, 1.82) is 0 Å². The maximum absolute atomic E-state index is 12.5. The summed E-state index contributed by atoms with van der Waals surface area (Å²) in [5, 5.41) is 1.71. The number of sulfonamides is 1. The van der Waals surface area contributed by atoms with Crippen LogP contribution < -0.4 is 4.72 Å². The molecule has 1 heterocycles. The van der Waals surface area contributed by atoms with Gasteiger partial charge in [0, 0.05) is 23.2 Å². The molecule has 3 rings (SSSR count). The minimum atomic E-state index is -3.60. The Labute approximate surface area is 123 Å². The lowest BCUT2D eigenvalue weighted by atomic mass is 10.1. The monoisotopic (exact) mass is 298 g/mol. The molecule has 3 aromatic rings. The topological polar surface area (TPSA) is 59.1 Å². The van der Waals surface area contributed by atoms with Gasteiger partial charge in [-0.3, -0.25) is 9.71 Å². The number of nitrogens with zero attached hydrogens (tertiary/aromatic N) is 1. The number of rotatable bonds is 3. The molecule has 5 heteroatoms. The van der Waals surface area contributed by atoms with Crippen LogP contribution in [0.4, 0.5) is 5.69 Å². The average molecular weight is 298 g/mol. The molecule has 106 valence electrons. The predicted molar refractivity (Wildman–Crippen MR) is 83.7 cm³/mol. The maximum atomic E-state index is 12.5. The predicted octanol–water partition coefficient (Wildman–Crippen LogP) is 3.34. The number of hydrogen-bond donors (Lipinski definition) is 1. The fraction of sp³-hybridized carbons (Fsp3) is 0.0625. The molecule has 1 N–H and O–H groups in total. The van der Waals surface area contributed by atoms with Crippen molar-refractivity contribution in [2.45, 2.75) is 11.8 Å². The van der Waals surface area contributed by atoms with Crippen molar-refractivity contribution in [3.8, 4) is 0 Å². The molecule has 2 aromatic carbocycles. The summed E-state index contributed by atoms with van der Waals surface area (Å²) < 4.78 is 27.6. The second-order valence-electron chi connectivity index (χ2n) is 4.82. The lowest BCUT2D eigenvalue weighted by Gasteiger charge is -2.11. The molecule has 0 amide bonds. The molecule has 0 unspecified atom stereocenters. The maximum Gasteiger partial charge on any atom is 0.261 e. The summed E-state index contributed by atoms with van der Waals surface area (Å²) in [5.74, 6) is 0. The van der Waals surface area contributed by atoms with E-state index in [4.69, 9.17) is 0 Å². The number of benzene rings is 2. The van der Waals surface area contributed by atoms with E-state index in [0.29, 0.717) is 5.69 Å². The van der Waals surface area contributed by atoms with Gasteiger partial charge in [0.25, 0.3) is 10.0 Å². The highest BCUT2D eigenvalue weighted by Crippen LogP contribution is 2.25. The lowest BCUT2D eigenvalue weighted by molar-refractivity contribution is 0.601. The van der Waals surface area contributed by atoms with Crippen molar-refractivity contribution < 1.29 is 8.42 Å². The summed E-state index contributed by atoms with van der Waals surface area (Å²) in [6.45, 7) is 1.86. The van der Waals surface area contributed by atoms with Gasteiger partial charge in [-0.05, 0) is 36.8 Å². The van der Waals surface area contributed by atoms with Crippen LogP contribution in [-0.2, 0) is 10.0 Å². The zero-order valence-corrected chi connectivity index (χ0v) is 12.3. The van der Waals surface area contributed by atoms with E-state index in [1.807, 2.05) is 19.1 Å². The number of anilines is 1. The third kappa shape index (κ3) is 2.73. The summed E-state index contributed by atoms with van der Waals surface area (Å²) in [5.41, 5.74) is 1.46. The Balaban J connectivity index is 2.06. The molecule has 0 aliphatic heterocycles. The normalized spacial score (nSPS) is 11.5. The third-order valence-electron chi connectivity index (χ3n) is 3.22. The molecule has 0 fully saturated rings. The van der Waals surface area contributed by atoms with Crippen molar-refractivity contribution in [2.75, 3.05) is 4.72 Å². The second-order valence-corrected chi connectivity index (χ2v) is 6.51. The van der Waals surface area contributed by atoms with Crippen LogP contribution in [-0.4, -0.2) is 13.4 Å². The van der Waals surface area contributed by atoms with Crippen LogP contribution in [0.1, 0.15) is 5.56 Å². The summed E-state index contributed by atoms with van der Waals surface area (Å²) >= 11 is 0. The van der Waals surface area contributed by atoms with Crippen molar-refractivity contribution >= 4 is 26.5 Å². The van der Waals surface area contributed by atoms with Gasteiger partial charge in [-0.1, -0.05) is 24.3 Å². The van der Waals surface area contributed by atoms with Crippen LogP contribution in [0.5, 0.6) is 0 Å². The van der Waals surface area contributed by atoms with Gasteiger partial charge in [0.1, 0.15) is 0 Å². The zero-order valence-electron chi connectivity index (χ0n) is 11.4. The van der Waals surface area contributed by atoms with E-state index in [1.165, 1.54) is 0 Å². The van der Waals surface area contributed by atoms with Crippen LogP contribution in [0.15, 0.2) is 65.8 Å². The number of nitrogens with one attached hydrogen (secondary N) is 1. The Morgan fingerprint density at radius 2 is 1.86 bits per heavy atom. The van der Waals surface area contributed by atoms with Crippen LogP contribution in [0.2, 0.25) is 0 Å². The van der Waals surface area contributed by atoms with Crippen molar-refractivity contribution in [3.05, 3.63) is 66.5 Å². The largest absolute Gasteiger partial charge is 0.279 e. The van der Waals surface area contributed by atoms with E-state index in [0.717, 1.165) is 16.3 Å². The molecule has 0 aliphatic rings. The Bertz CT molecular complexity index is 900. The Morgan fingerprint density at radius 1 is 1.05 bits per heavy atom. The van der Waals surface area contributed by atoms with Gasteiger partial charge in [-0.15, -0.1) is 0 Å². The summed E-state index contributed by atoms with van der Waals surface area (Å²) in [6, 6.07) is 14.1. The zero-order chi connectivity index (χ0) is 14.9. The van der Waals surface area contributed by atoms with Gasteiger partial charge in [-0.25, -0.2) is 8.42 Å². The lowest BCUT2D eigenvalue weighted by Crippen LogP contribution is -2.13. The molecule has 21 heavy (non-hydrogen) atoms. The first kappa shape index (κ1) is 13.6. The molecule has 0 spiro atoms. The van der Waals surface area contributed by atoms with E-state index < -0.39 is 10.0 Å². The van der Waals surface area contributed by atoms with Gasteiger partial charge in [0.05, 0.1) is 10.6 Å². The quantitative estimate of drug-likeness (QED) is 0.806. The molecule has 0 atom stereocenters. The number of aromatic nitrogens is 1. The van der Waals surface area contributed by atoms with E-state index in [1.54, 1.807) is 48.8 Å². The molecular weight excluding hydrogens is 284 g/mol. The summed E-state index contributed by atoms with van der Waals surface area (Å²) in [7, 11) is -3.60. The number of hydrogen-bond acceptors (Lipinski definition) is 3. The number of fused-ring (bicyclic) bond motifs is 1. The van der Waals surface area contributed by atoms with Crippen molar-refractivity contribution in [3.63, 3.8) is 0 Å². The SMILES string of the molecule is Cc1cccc(S(=O)(=O)Nc2cccc3cnccc23)c1. The van der Waals surface area contributed by atoms with Crippen molar-refractivity contribution in [2.24, 2.45) is 0 Å². The highest BCUT2D eigenvalue weighted by molar-refractivity contribution is 7.92. The van der Waals surface area contributed by atoms with E-state index in [-0.39, 0.29) is 4.90 Å². The third-order valence-corrected chi connectivity index (χ3v) is 4.59. The van der Waals surface area contributed by atoms with Gasteiger partial charge in [-0.2, -0.15) is 0 Å². The van der Waals surface area contributed by atoms with Gasteiger partial charge >= 0.3 is 0 Å². The Morgan fingerprint density at radius 3 is 2.67 bits per heavy atom. The van der Waals surface area contributed by atoms with Gasteiger partial charge in [0.2, 0.25) is 0 Å². The fourth-order valence-corrected chi connectivity index (χ4v) is 3.38. The highest BCUT2D eigenvalue weighted by Gasteiger charge is 2.15. The van der Waals surface area contributed by atoms with Gasteiger partial charge in [0.15, 0.2) is 0 Å². The minimum Gasteiger partial charge on any atom is -0.279 e. The van der Waals surface area contributed by atoms with Crippen LogP contribution in [0.25, 0.3) is 10.8 Å². The first-order valence-corrected chi connectivity index (χ1v) is 7.97. The number of pyridine rings is 1. The summed E-state index contributed by atoms with van der Waals surface area (Å²) in [4.78, 5) is 4.30. The fourth-order valence-electron chi connectivity index (χ4n) is 2.20. The first-order valence-electron chi connectivity index (χ1n) is 6.48. The molecule has 4 nitrogen and oxygen atoms in total. The van der Waals surface area contributed by atoms with Crippen LogP contribution in [0.3, 0.4) is 0 Å². The smallest absolute Gasteiger partial charge is 0.261 e.